The normalized spacial score (nSPS) is 20.7. The Morgan fingerprint density at radius 3 is 2.55 bits per heavy atom. The van der Waals surface area contributed by atoms with Gasteiger partial charge in [-0.1, -0.05) is 0 Å². The van der Waals surface area contributed by atoms with Crippen LogP contribution in [0.1, 0.15) is 21.0 Å². The minimum Gasteiger partial charge on any atom is -0.442 e. The van der Waals surface area contributed by atoms with Crippen molar-refractivity contribution in [2.75, 3.05) is 34.6 Å². The lowest BCUT2D eigenvalue weighted by atomic mass is 10.2. The Balaban J connectivity index is 1.37. The molecular weight excluding hydrogens is 414 g/mol. The fourth-order valence-corrected chi connectivity index (χ4v) is 5.77. The van der Waals surface area contributed by atoms with Gasteiger partial charge in [0.1, 0.15) is 6.10 Å². The first-order chi connectivity index (χ1) is 13.8. The molecule has 2 amide bonds. The van der Waals surface area contributed by atoms with Crippen molar-refractivity contribution in [1.29, 1.82) is 0 Å². The fraction of sp³-hybridized carbons (Fsp3) is 0.368. The van der Waals surface area contributed by atoms with Crippen LogP contribution in [0.3, 0.4) is 0 Å². The summed E-state index contributed by atoms with van der Waals surface area (Å²) in [5.41, 5.74) is 1.21. The highest BCUT2D eigenvalue weighted by atomic mass is 32.2. The summed E-state index contributed by atoms with van der Waals surface area (Å²) in [6, 6.07) is 10.5. The molecule has 1 unspecified atom stereocenters. The van der Waals surface area contributed by atoms with Crippen molar-refractivity contribution in [3.8, 4) is 0 Å². The van der Waals surface area contributed by atoms with Crippen molar-refractivity contribution in [3.63, 3.8) is 0 Å². The minimum atomic E-state index is -3.24. The fourth-order valence-electron chi connectivity index (χ4n) is 3.42. The molecule has 1 aromatic heterocycles. The number of rotatable bonds is 5. The summed E-state index contributed by atoms with van der Waals surface area (Å²) in [6.07, 6.45) is -0.329. The number of benzene rings is 1. The van der Waals surface area contributed by atoms with Gasteiger partial charge in [0.05, 0.1) is 29.4 Å². The lowest BCUT2D eigenvalue weighted by molar-refractivity contribution is 0.0920. The Bertz CT molecular complexity index is 1030. The van der Waals surface area contributed by atoms with Crippen LogP contribution >= 0.6 is 11.3 Å². The second-order valence-electron chi connectivity index (χ2n) is 6.99. The molecule has 1 atom stereocenters. The zero-order valence-corrected chi connectivity index (χ0v) is 17.5. The predicted molar refractivity (Wildman–Crippen MR) is 111 cm³/mol. The molecule has 0 aliphatic carbocycles. The van der Waals surface area contributed by atoms with Crippen molar-refractivity contribution < 1.29 is 22.7 Å². The van der Waals surface area contributed by atoms with Crippen LogP contribution in [-0.4, -0.2) is 51.9 Å². The molecule has 1 aromatic carbocycles. The number of amides is 2. The largest absolute Gasteiger partial charge is 0.442 e. The van der Waals surface area contributed by atoms with Gasteiger partial charge in [0, 0.05) is 17.1 Å². The lowest BCUT2D eigenvalue weighted by Gasteiger charge is -2.19. The maximum absolute atomic E-state index is 12.2. The molecule has 2 fully saturated rings. The van der Waals surface area contributed by atoms with E-state index in [-0.39, 0.29) is 18.2 Å². The first-order valence-corrected chi connectivity index (χ1v) is 11.7. The van der Waals surface area contributed by atoms with E-state index in [4.69, 9.17) is 4.74 Å². The van der Waals surface area contributed by atoms with Crippen molar-refractivity contribution in [3.05, 3.63) is 46.2 Å². The molecule has 0 bridgehead atoms. The van der Waals surface area contributed by atoms with Crippen LogP contribution in [0.5, 0.6) is 0 Å². The number of nitrogens with one attached hydrogen (secondary N) is 1. The monoisotopic (exact) mass is 435 g/mol. The molecule has 0 saturated carbocycles. The van der Waals surface area contributed by atoms with Crippen LogP contribution < -0.4 is 14.5 Å². The third-order valence-corrected chi connectivity index (χ3v) is 7.75. The van der Waals surface area contributed by atoms with E-state index in [2.05, 4.69) is 5.32 Å². The number of sulfonamides is 1. The Kier molecular flexibility index (Phi) is 5.22. The molecule has 1 N–H and O–H groups in total. The molecular formula is C19H21N3O5S2. The zero-order chi connectivity index (χ0) is 20.6. The third kappa shape index (κ3) is 4.08. The number of hydrogen-bond donors (Lipinski definition) is 1. The van der Waals surface area contributed by atoms with E-state index < -0.39 is 22.2 Å². The quantitative estimate of drug-likeness (QED) is 0.778. The summed E-state index contributed by atoms with van der Waals surface area (Å²) in [5, 5.41) is 2.80. The second-order valence-corrected chi connectivity index (χ2v) is 10.3. The van der Waals surface area contributed by atoms with Gasteiger partial charge in [0.2, 0.25) is 10.0 Å². The Morgan fingerprint density at radius 2 is 1.93 bits per heavy atom. The Labute approximate surface area is 173 Å². The smallest absolute Gasteiger partial charge is 0.414 e. The van der Waals surface area contributed by atoms with Crippen LogP contribution in [-0.2, 0) is 14.8 Å². The van der Waals surface area contributed by atoms with Gasteiger partial charge in [0.25, 0.3) is 5.91 Å². The topological polar surface area (TPSA) is 96.0 Å². The van der Waals surface area contributed by atoms with Crippen LogP contribution in [0, 0.1) is 6.92 Å². The number of nitrogens with zero attached hydrogens (tertiary/aromatic N) is 2. The molecule has 3 heterocycles. The molecule has 2 saturated heterocycles. The Morgan fingerprint density at radius 1 is 1.21 bits per heavy atom. The number of aryl methyl sites for hydroxylation is 1. The Hall–Kier alpha value is -2.59. The number of carbonyl (C=O) groups excluding carboxylic acids is 2. The molecule has 0 spiro atoms. The first-order valence-electron chi connectivity index (χ1n) is 9.27. The first kappa shape index (κ1) is 19.7. The number of hydrogen-bond acceptors (Lipinski definition) is 6. The molecule has 4 rings (SSSR count). The second kappa shape index (κ2) is 7.68. The van der Waals surface area contributed by atoms with Crippen LogP contribution in [0.4, 0.5) is 16.2 Å². The van der Waals surface area contributed by atoms with Crippen LogP contribution in [0.25, 0.3) is 0 Å². The summed E-state index contributed by atoms with van der Waals surface area (Å²) in [6.45, 7) is 2.94. The van der Waals surface area contributed by atoms with Gasteiger partial charge < -0.3 is 10.1 Å². The molecule has 8 nitrogen and oxygen atoms in total. The molecule has 154 valence electrons. The lowest BCUT2D eigenvalue weighted by Crippen LogP contribution is -2.34. The molecule has 29 heavy (non-hydrogen) atoms. The van der Waals surface area contributed by atoms with Gasteiger partial charge in [0.15, 0.2) is 0 Å². The van der Waals surface area contributed by atoms with E-state index in [1.807, 2.05) is 13.0 Å². The average molecular weight is 436 g/mol. The van der Waals surface area contributed by atoms with Crippen molar-refractivity contribution >= 4 is 44.7 Å². The number of anilines is 2. The summed E-state index contributed by atoms with van der Waals surface area (Å²) < 4.78 is 30.8. The van der Waals surface area contributed by atoms with E-state index in [9.17, 15) is 18.0 Å². The molecule has 2 aliphatic rings. The minimum absolute atomic E-state index is 0.158. The number of carbonyl (C=O) groups is 2. The third-order valence-electron chi connectivity index (χ3n) is 4.88. The number of cyclic esters (lactones) is 1. The van der Waals surface area contributed by atoms with Gasteiger partial charge in [-0.15, -0.1) is 11.3 Å². The van der Waals surface area contributed by atoms with Crippen molar-refractivity contribution in [1.82, 2.24) is 5.32 Å². The van der Waals surface area contributed by atoms with E-state index >= 15 is 0 Å². The molecule has 0 radical (unpaired) electrons. The van der Waals surface area contributed by atoms with E-state index in [0.29, 0.717) is 35.8 Å². The summed E-state index contributed by atoms with van der Waals surface area (Å²) in [5.74, 6) is -0.0279. The molecule has 2 aliphatic heterocycles. The maximum Gasteiger partial charge on any atom is 0.414 e. The SMILES string of the molecule is Cc1ccc(C(=O)NCC2CN(c3ccc(N4CCCS4(=O)=O)cc3)C(=O)O2)s1. The standard InChI is InChI=1S/C19H21N3O5S2/c1-13-3-8-17(28-13)18(23)20-11-16-12-21(19(24)27-16)14-4-6-15(7-5-14)22-9-2-10-29(22,25)26/h3-8,16H,2,9-12H2,1H3,(H,20,23). The van der Waals surface area contributed by atoms with Crippen molar-refractivity contribution in [2.24, 2.45) is 0 Å². The average Bonchev–Trinajstić information content (AvgIpc) is 3.38. The zero-order valence-electron chi connectivity index (χ0n) is 15.8. The highest BCUT2D eigenvalue weighted by Crippen LogP contribution is 2.28. The summed E-state index contributed by atoms with van der Waals surface area (Å²) in [4.78, 5) is 27.5. The van der Waals surface area contributed by atoms with Gasteiger partial charge in [-0.2, -0.15) is 0 Å². The maximum atomic E-state index is 12.2. The number of thiophene rings is 1. The molecule has 2 aromatic rings. The number of ether oxygens (including phenoxy) is 1. The van der Waals surface area contributed by atoms with E-state index in [1.54, 1.807) is 30.3 Å². The van der Waals surface area contributed by atoms with Gasteiger partial charge in [-0.3, -0.25) is 14.0 Å². The summed E-state index contributed by atoms with van der Waals surface area (Å²) >= 11 is 1.41. The molecule has 10 heteroatoms. The van der Waals surface area contributed by atoms with Gasteiger partial charge in [-0.25, -0.2) is 13.2 Å². The van der Waals surface area contributed by atoms with Crippen LogP contribution in [0.15, 0.2) is 36.4 Å². The highest BCUT2D eigenvalue weighted by Gasteiger charge is 2.33. The van der Waals surface area contributed by atoms with Gasteiger partial charge >= 0.3 is 6.09 Å². The van der Waals surface area contributed by atoms with Crippen molar-refractivity contribution in [2.45, 2.75) is 19.4 Å². The van der Waals surface area contributed by atoms with E-state index in [0.717, 1.165) is 4.88 Å². The van der Waals surface area contributed by atoms with Crippen LogP contribution in [0.2, 0.25) is 0 Å². The summed E-state index contributed by atoms with van der Waals surface area (Å²) in [7, 11) is -3.24. The predicted octanol–water partition coefficient (Wildman–Crippen LogP) is 2.35. The van der Waals surface area contributed by atoms with Gasteiger partial charge in [-0.05, 0) is 49.7 Å². The highest BCUT2D eigenvalue weighted by molar-refractivity contribution is 7.93. The van der Waals surface area contributed by atoms with E-state index in [1.165, 1.54) is 20.5 Å².